The van der Waals surface area contributed by atoms with Crippen molar-refractivity contribution in [3.8, 4) is 0 Å². The van der Waals surface area contributed by atoms with Gasteiger partial charge in [-0.1, -0.05) is 30.3 Å². The number of amides is 1. The Kier molecular flexibility index (Phi) is 5.85. The summed E-state index contributed by atoms with van der Waals surface area (Å²) in [5, 5.41) is 0. The zero-order chi connectivity index (χ0) is 15.5. The Morgan fingerprint density at radius 2 is 2.09 bits per heavy atom. The molecule has 0 radical (unpaired) electrons. The number of nitrogens with zero attached hydrogens (tertiary/aromatic N) is 1. The van der Waals surface area contributed by atoms with Gasteiger partial charge in [0.05, 0.1) is 12.1 Å². The highest BCUT2D eigenvalue weighted by atomic mass is 35.5. The Morgan fingerprint density at radius 1 is 1.35 bits per heavy atom. The third-order valence-corrected chi connectivity index (χ3v) is 4.62. The number of halogens is 1. The molecule has 124 valence electrons. The van der Waals surface area contributed by atoms with E-state index in [9.17, 15) is 4.79 Å². The van der Waals surface area contributed by atoms with Gasteiger partial charge in [0.1, 0.15) is 12.0 Å². The van der Waals surface area contributed by atoms with E-state index in [-0.39, 0.29) is 24.4 Å². The van der Waals surface area contributed by atoms with E-state index in [4.69, 9.17) is 10.2 Å². The first-order valence-electron chi connectivity index (χ1n) is 7.81. The molecule has 0 aliphatic carbocycles. The van der Waals surface area contributed by atoms with Crippen molar-refractivity contribution in [2.75, 3.05) is 6.54 Å². The van der Waals surface area contributed by atoms with Crippen molar-refractivity contribution in [3.05, 3.63) is 59.5 Å². The first kappa shape index (κ1) is 17.6. The Morgan fingerprint density at radius 3 is 2.74 bits per heavy atom. The fourth-order valence-electron chi connectivity index (χ4n) is 3.25. The number of hydrogen-bond acceptors (Lipinski definition) is 3. The van der Waals surface area contributed by atoms with Crippen LogP contribution in [0.4, 0.5) is 0 Å². The van der Waals surface area contributed by atoms with Crippen LogP contribution in [0.2, 0.25) is 0 Å². The summed E-state index contributed by atoms with van der Waals surface area (Å²) in [5.74, 6) is 1.20. The minimum absolute atomic E-state index is 0. The molecule has 1 aromatic heterocycles. The predicted molar refractivity (Wildman–Crippen MR) is 92.6 cm³/mol. The highest BCUT2D eigenvalue weighted by molar-refractivity contribution is 5.94. The SMILES string of the molecule is CC1C(Cc2ccccc2)CCN1C(=O)c1coc(CN)c1.Cl. The second-order valence-corrected chi connectivity index (χ2v) is 5.98. The number of rotatable bonds is 4. The fraction of sp³-hybridized carbons (Fsp3) is 0.389. The lowest BCUT2D eigenvalue weighted by atomic mass is 9.93. The van der Waals surface area contributed by atoms with Crippen molar-refractivity contribution < 1.29 is 9.21 Å². The van der Waals surface area contributed by atoms with Crippen molar-refractivity contribution in [2.45, 2.75) is 32.4 Å². The van der Waals surface area contributed by atoms with Gasteiger partial charge in [-0.15, -0.1) is 12.4 Å². The molecule has 0 spiro atoms. The standard InChI is InChI=1S/C18H22N2O2.ClH/c1-13-15(9-14-5-3-2-4-6-14)7-8-20(13)18(21)16-10-17(11-19)22-12-16;/h2-6,10,12-13,15H,7-9,11,19H2,1H3;1H. The summed E-state index contributed by atoms with van der Waals surface area (Å²) in [7, 11) is 0. The molecule has 3 rings (SSSR count). The number of likely N-dealkylation sites (tertiary alicyclic amines) is 1. The number of carbonyl (C=O) groups is 1. The molecule has 1 saturated heterocycles. The molecule has 1 aromatic carbocycles. The number of carbonyl (C=O) groups excluding carboxylic acids is 1. The van der Waals surface area contributed by atoms with E-state index < -0.39 is 0 Å². The molecule has 0 saturated carbocycles. The Bertz CT molecular complexity index is 641. The number of furan rings is 1. The van der Waals surface area contributed by atoms with Crippen LogP contribution in [0.3, 0.4) is 0 Å². The average molecular weight is 335 g/mol. The maximum atomic E-state index is 12.6. The van der Waals surface area contributed by atoms with Gasteiger partial charge in [0.2, 0.25) is 0 Å². The number of hydrogen-bond donors (Lipinski definition) is 1. The number of nitrogens with two attached hydrogens (primary N) is 1. The van der Waals surface area contributed by atoms with Crippen molar-refractivity contribution in [1.82, 2.24) is 4.90 Å². The van der Waals surface area contributed by atoms with Crippen LogP contribution in [0.5, 0.6) is 0 Å². The van der Waals surface area contributed by atoms with Crippen LogP contribution < -0.4 is 5.73 Å². The van der Waals surface area contributed by atoms with Crippen LogP contribution >= 0.6 is 12.4 Å². The Balaban J connectivity index is 0.00000192. The molecule has 1 amide bonds. The van der Waals surface area contributed by atoms with Gasteiger partial charge in [-0.05, 0) is 37.3 Å². The first-order chi connectivity index (χ1) is 10.7. The Labute approximate surface area is 143 Å². The third-order valence-electron chi connectivity index (χ3n) is 4.62. The van der Waals surface area contributed by atoms with Crippen molar-refractivity contribution in [2.24, 2.45) is 11.7 Å². The van der Waals surface area contributed by atoms with Crippen LogP contribution in [0.15, 0.2) is 47.1 Å². The number of benzene rings is 1. The van der Waals surface area contributed by atoms with E-state index in [0.29, 0.717) is 23.8 Å². The molecule has 23 heavy (non-hydrogen) atoms. The smallest absolute Gasteiger partial charge is 0.257 e. The molecular formula is C18H23ClN2O2. The Hall–Kier alpha value is -1.78. The molecule has 5 heteroatoms. The van der Waals surface area contributed by atoms with Crippen LogP contribution in [-0.4, -0.2) is 23.4 Å². The van der Waals surface area contributed by atoms with Crippen LogP contribution in [0, 0.1) is 5.92 Å². The molecular weight excluding hydrogens is 312 g/mol. The van der Waals surface area contributed by atoms with Gasteiger partial charge in [0.25, 0.3) is 5.91 Å². The monoisotopic (exact) mass is 334 g/mol. The normalized spacial score (nSPS) is 20.3. The molecule has 1 fully saturated rings. The highest BCUT2D eigenvalue weighted by Crippen LogP contribution is 2.29. The minimum Gasteiger partial charge on any atom is -0.467 e. The van der Waals surface area contributed by atoms with E-state index in [1.807, 2.05) is 11.0 Å². The van der Waals surface area contributed by atoms with Gasteiger partial charge < -0.3 is 15.1 Å². The van der Waals surface area contributed by atoms with Gasteiger partial charge in [0.15, 0.2) is 0 Å². The fourth-order valence-corrected chi connectivity index (χ4v) is 3.25. The van der Waals surface area contributed by atoms with Crippen LogP contribution in [-0.2, 0) is 13.0 Å². The average Bonchev–Trinajstić information content (AvgIpc) is 3.16. The second kappa shape index (κ2) is 7.66. The predicted octanol–water partition coefficient (Wildman–Crippen LogP) is 3.25. The molecule has 0 bridgehead atoms. The summed E-state index contributed by atoms with van der Waals surface area (Å²) in [5.41, 5.74) is 7.47. The summed E-state index contributed by atoms with van der Waals surface area (Å²) in [6.45, 7) is 3.27. The van der Waals surface area contributed by atoms with Gasteiger partial charge in [0, 0.05) is 12.6 Å². The summed E-state index contributed by atoms with van der Waals surface area (Å²) >= 11 is 0. The molecule has 2 unspecified atom stereocenters. The van der Waals surface area contributed by atoms with Gasteiger partial charge in [-0.2, -0.15) is 0 Å². The van der Waals surface area contributed by atoms with Crippen molar-refractivity contribution in [1.29, 1.82) is 0 Å². The zero-order valence-electron chi connectivity index (χ0n) is 13.3. The maximum Gasteiger partial charge on any atom is 0.257 e. The van der Waals surface area contributed by atoms with Crippen molar-refractivity contribution in [3.63, 3.8) is 0 Å². The van der Waals surface area contributed by atoms with E-state index in [2.05, 4.69) is 31.2 Å². The highest BCUT2D eigenvalue weighted by Gasteiger charge is 2.34. The van der Waals surface area contributed by atoms with Gasteiger partial charge >= 0.3 is 0 Å². The van der Waals surface area contributed by atoms with Gasteiger partial charge in [-0.25, -0.2) is 0 Å². The van der Waals surface area contributed by atoms with Crippen LogP contribution in [0.25, 0.3) is 0 Å². The summed E-state index contributed by atoms with van der Waals surface area (Å²) in [6.07, 6.45) is 3.58. The largest absolute Gasteiger partial charge is 0.467 e. The minimum atomic E-state index is 0. The molecule has 2 aromatic rings. The molecule has 1 aliphatic heterocycles. The quantitative estimate of drug-likeness (QED) is 0.933. The lowest BCUT2D eigenvalue weighted by molar-refractivity contribution is 0.0731. The van der Waals surface area contributed by atoms with E-state index in [0.717, 1.165) is 19.4 Å². The van der Waals surface area contributed by atoms with E-state index >= 15 is 0 Å². The first-order valence-corrected chi connectivity index (χ1v) is 7.81. The van der Waals surface area contributed by atoms with Crippen LogP contribution in [0.1, 0.15) is 35.0 Å². The lowest BCUT2D eigenvalue weighted by Gasteiger charge is -2.24. The molecule has 2 heterocycles. The van der Waals surface area contributed by atoms with E-state index in [1.165, 1.54) is 11.8 Å². The summed E-state index contributed by atoms with van der Waals surface area (Å²) in [6, 6.07) is 12.5. The summed E-state index contributed by atoms with van der Waals surface area (Å²) in [4.78, 5) is 14.6. The van der Waals surface area contributed by atoms with E-state index in [1.54, 1.807) is 6.07 Å². The topological polar surface area (TPSA) is 59.5 Å². The van der Waals surface area contributed by atoms with Crippen molar-refractivity contribution >= 4 is 18.3 Å². The summed E-state index contributed by atoms with van der Waals surface area (Å²) < 4.78 is 5.28. The van der Waals surface area contributed by atoms with Gasteiger partial charge in [-0.3, -0.25) is 4.79 Å². The second-order valence-electron chi connectivity index (χ2n) is 5.98. The molecule has 2 N–H and O–H groups in total. The maximum absolute atomic E-state index is 12.6. The molecule has 4 nitrogen and oxygen atoms in total. The molecule has 2 atom stereocenters. The third kappa shape index (κ3) is 3.77. The molecule has 1 aliphatic rings. The zero-order valence-corrected chi connectivity index (χ0v) is 14.1. The lowest BCUT2D eigenvalue weighted by Crippen LogP contribution is -2.36.